The van der Waals surface area contributed by atoms with Crippen molar-refractivity contribution in [1.29, 1.82) is 0 Å². The fourth-order valence-corrected chi connectivity index (χ4v) is 3.81. The minimum Gasteiger partial charge on any atom is -0.480 e. The van der Waals surface area contributed by atoms with Gasteiger partial charge in [0.2, 0.25) is 11.8 Å². The number of carboxylic acid groups (broad SMARTS) is 1. The third kappa shape index (κ3) is 6.53. The number of rotatable bonds is 9. The van der Waals surface area contributed by atoms with E-state index >= 15 is 0 Å². The molecule has 2 amide bonds. The number of hydrogen-bond acceptors (Lipinski definition) is 5. The number of carbonyl (C=O) groups excluding carboxylic acids is 2. The molecular weight excluding hydrogens is 378 g/mol. The van der Waals surface area contributed by atoms with E-state index in [1.807, 2.05) is 36.6 Å². The normalized spacial score (nSPS) is 17.0. The predicted molar refractivity (Wildman–Crippen MR) is 110 cm³/mol. The van der Waals surface area contributed by atoms with Crippen LogP contribution >= 0.6 is 11.8 Å². The van der Waals surface area contributed by atoms with Crippen LogP contribution in [0.15, 0.2) is 30.3 Å². The summed E-state index contributed by atoms with van der Waals surface area (Å²) in [5.74, 6) is -0.962. The van der Waals surface area contributed by atoms with E-state index in [1.54, 1.807) is 16.7 Å². The molecule has 0 saturated carbocycles. The lowest BCUT2D eigenvalue weighted by atomic mass is 9.94. The highest BCUT2D eigenvalue weighted by molar-refractivity contribution is 7.98. The average molecular weight is 408 g/mol. The number of benzene rings is 1. The van der Waals surface area contributed by atoms with Crippen LogP contribution in [0.5, 0.6) is 0 Å². The lowest BCUT2D eigenvalue weighted by molar-refractivity contribution is -0.143. The summed E-state index contributed by atoms with van der Waals surface area (Å²) >= 11 is 1.55. The van der Waals surface area contributed by atoms with Crippen LogP contribution in [-0.4, -0.2) is 65.0 Å². The van der Waals surface area contributed by atoms with Crippen molar-refractivity contribution in [3.8, 4) is 0 Å². The molecule has 2 rings (SSSR count). The molecule has 1 aliphatic heterocycles. The third-order valence-electron chi connectivity index (χ3n) is 5.02. The molecule has 1 aromatic rings. The highest BCUT2D eigenvalue weighted by Gasteiger charge is 2.31. The number of piperidine rings is 1. The topological polar surface area (TPSA) is 113 Å². The van der Waals surface area contributed by atoms with Gasteiger partial charge in [-0.3, -0.25) is 9.59 Å². The van der Waals surface area contributed by atoms with Gasteiger partial charge < -0.3 is 21.1 Å². The molecule has 154 valence electrons. The summed E-state index contributed by atoms with van der Waals surface area (Å²) in [5, 5.41) is 11.9. The maximum absolute atomic E-state index is 12.6. The van der Waals surface area contributed by atoms with E-state index < -0.39 is 18.1 Å². The average Bonchev–Trinajstić information content (AvgIpc) is 2.71. The van der Waals surface area contributed by atoms with Gasteiger partial charge in [0.25, 0.3) is 0 Å². The minimum atomic E-state index is -1.01. The third-order valence-corrected chi connectivity index (χ3v) is 5.66. The fraction of sp³-hybridized carbons (Fsp3) is 0.550. The lowest BCUT2D eigenvalue weighted by Gasteiger charge is -2.33. The van der Waals surface area contributed by atoms with Crippen molar-refractivity contribution in [3.63, 3.8) is 0 Å². The van der Waals surface area contributed by atoms with E-state index in [1.165, 1.54) is 0 Å². The summed E-state index contributed by atoms with van der Waals surface area (Å²) in [6, 6.07) is 8.18. The second kappa shape index (κ2) is 11.1. The SMILES string of the molecule is CSCCC(NC(=O)C1CCN(C(=O)C(N)Cc2ccccc2)CC1)C(=O)O. The Morgan fingerprint density at radius 1 is 1.25 bits per heavy atom. The van der Waals surface area contributed by atoms with Crippen LogP contribution in [0.2, 0.25) is 0 Å². The number of nitrogens with zero attached hydrogens (tertiary/aromatic N) is 1. The Balaban J connectivity index is 1.81. The summed E-state index contributed by atoms with van der Waals surface area (Å²) in [6.07, 6.45) is 3.81. The van der Waals surface area contributed by atoms with E-state index in [2.05, 4.69) is 5.32 Å². The van der Waals surface area contributed by atoms with Crippen LogP contribution in [-0.2, 0) is 20.8 Å². The largest absolute Gasteiger partial charge is 0.480 e. The zero-order valence-corrected chi connectivity index (χ0v) is 17.0. The molecule has 0 aromatic heterocycles. The van der Waals surface area contributed by atoms with E-state index in [-0.39, 0.29) is 17.7 Å². The molecule has 0 spiro atoms. The quantitative estimate of drug-likeness (QED) is 0.565. The zero-order valence-electron chi connectivity index (χ0n) is 16.2. The minimum absolute atomic E-state index is 0.105. The number of amides is 2. The molecule has 4 N–H and O–H groups in total. The number of aliphatic carboxylic acids is 1. The molecular formula is C20H29N3O4S. The molecule has 1 aliphatic rings. The second-order valence-electron chi connectivity index (χ2n) is 7.08. The first-order valence-corrected chi connectivity index (χ1v) is 10.9. The number of carboxylic acids is 1. The number of thioether (sulfide) groups is 1. The molecule has 1 fully saturated rings. The monoisotopic (exact) mass is 407 g/mol. The molecule has 0 aliphatic carbocycles. The molecule has 0 bridgehead atoms. The van der Waals surface area contributed by atoms with E-state index in [9.17, 15) is 19.5 Å². The van der Waals surface area contributed by atoms with Gasteiger partial charge in [0.15, 0.2) is 0 Å². The Morgan fingerprint density at radius 2 is 1.89 bits per heavy atom. The zero-order chi connectivity index (χ0) is 20.5. The van der Waals surface area contributed by atoms with Crippen LogP contribution < -0.4 is 11.1 Å². The van der Waals surface area contributed by atoms with Crippen molar-refractivity contribution in [2.24, 2.45) is 11.7 Å². The Bertz CT molecular complexity index is 663. The van der Waals surface area contributed by atoms with Crippen molar-refractivity contribution >= 4 is 29.5 Å². The van der Waals surface area contributed by atoms with Crippen LogP contribution in [0, 0.1) is 5.92 Å². The van der Waals surface area contributed by atoms with Crippen molar-refractivity contribution in [2.45, 2.75) is 37.8 Å². The van der Waals surface area contributed by atoms with E-state index in [4.69, 9.17) is 5.73 Å². The van der Waals surface area contributed by atoms with Crippen molar-refractivity contribution in [3.05, 3.63) is 35.9 Å². The summed E-state index contributed by atoms with van der Waals surface area (Å²) in [7, 11) is 0. The Labute approximate surface area is 170 Å². The van der Waals surface area contributed by atoms with Crippen LogP contribution in [0.3, 0.4) is 0 Å². The first-order chi connectivity index (χ1) is 13.4. The van der Waals surface area contributed by atoms with Crippen LogP contribution in [0.1, 0.15) is 24.8 Å². The van der Waals surface area contributed by atoms with E-state index in [0.29, 0.717) is 44.5 Å². The van der Waals surface area contributed by atoms with Crippen molar-refractivity contribution in [2.75, 3.05) is 25.1 Å². The van der Waals surface area contributed by atoms with Gasteiger partial charge in [-0.25, -0.2) is 4.79 Å². The number of nitrogens with one attached hydrogen (secondary N) is 1. The van der Waals surface area contributed by atoms with Crippen molar-refractivity contribution < 1.29 is 19.5 Å². The molecule has 2 atom stereocenters. The smallest absolute Gasteiger partial charge is 0.326 e. The molecule has 1 saturated heterocycles. The summed E-state index contributed by atoms with van der Waals surface area (Å²) in [5.41, 5.74) is 7.10. The van der Waals surface area contributed by atoms with Gasteiger partial charge in [0, 0.05) is 19.0 Å². The van der Waals surface area contributed by atoms with Crippen molar-refractivity contribution in [1.82, 2.24) is 10.2 Å². The standard InChI is InChI=1S/C20H29N3O4S/c1-28-12-9-17(20(26)27)22-18(24)15-7-10-23(11-8-15)19(25)16(21)13-14-5-3-2-4-6-14/h2-6,15-17H,7-13,21H2,1H3,(H,22,24)(H,26,27). The molecule has 8 heteroatoms. The molecule has 28 heavy (non-hydrogen) atoms. The lowest BCUT2D eigenvalue weighted by Crippen LogP contribution is -2.51. The number of nitrogens with two attached hydrogens (primary N) is 1. The van der Waals surface area contributed by atoms with Gasteiger partial charge in [-0.2, -0.15) is 11.8 Å². The first-order valence-electron chi connectivity index (χ1n) is 9.52. The van der Waals surface area contributed by atoms with E-state index in [0.717, 1.165) is 5.56 Å². The number of carbonyl (C=O) groups is 3. The highest BCUT2D eigenvalue weighted by Crippen LogP contribution is 2.19. The van der Waals surface area contributed by atoms with Gasteiger partial charge in [0.1, 0.15) is 6.04 Å². The van der Waals surface area contributed by atoms with Crippen LogP contribution in [0.4, 0.5) is 0 Å². The van der Waals surface area contributed by atoms with Gasteiger partial charge in [-0.15, -0.1) is 0 Å². The van der Waals surface area contributed by atoms with Gasteiger partial charge >= 0.3 is 5.97 Å². The first kappa shape index (κ1) is 22.2. The predicted octanol–water partition coefficient (Wildman–Crippen LogP) is 1.12. The fourth-order valence-electron chi connectivity index (χ4n) is 3.33. The summed E-state index contributed by atoms with van der Waals surface area (Å²) < 4.78 is 0. The maximum Gasteiger partial charge on any atom is 0.326 e. The van der Waals surface area contributed by atoms with Gasteiger partial charge in [-0.1, -0.05) is 30.3 Å². The molecule has 0 radical (unpaired) electrons. The number of hydrogen-bond donors (Lipinski definition) is 3. The van der Waals surface area contributed by atoms with Gasteiger partial charge in [0.05, 0.1) is 6.04 Å². The molecule has 1 aromatic carbocycles. The maximum atomic E-state index is 12.6. The Kier molecular flexibility index (Phi) is 8.79. The Morgan fingerprint density at radius 3 is 2.46 bits per heavy atom. The highest BCUT2D eigenvalue weighted by atomic mass is 32.2. The van der Waals surface area contributed by atoms with Gasteiger partial charge in [-0.05, 0) is 43.3 Å². The molecule has 1 heterocycles. The number of likely N-dealkylation sites (tertiary alicyclic amines) is 1. The van der Waals surface area contributed by atoms with Crippen LogP contribution in [0.25, 0.3) is 0 Å². The molecule has 2 unspecified atom stereocenters. The summed E-state index contributed by atoms with van der Waals surface area (Å²) in [6.45, 7) is 0.921. The molecule has 7 nitrogen and oxygen atoms in total. The Hall–Kier alpha value is -2.06. The second-order valence-corrected chi connectivity index (χ2v) is 8.06. The summed E-state index contributed by atoms with van der Waals surface area (Å²) in [4.78, 5) is 38.0.